The number of hydrogen-bond acceptors (Lipinski definition) is 5. The van der Waals surface area contributed by atoms with Crippen LogP contribution in [0.3, 0.4) is 0 Å². The molecule has 10 aromatic rings. The molecule has 2 aromatic heterocycles. The number of hydrogen-bond donors (Lipinski definition) is 0. The summed E-state index contributed by atoms with van der Waals surface area (Å²) in [5.41, 5.74) is 24.1. The van der Waals surface area contributed by atoms with Crippen LogP contribution in [0.4, 0.5) is 51.2 Å². The van der Waals surface area contributed by atoms with Crippen molar-refractivity contribution in [2.75, 3.05) is 14.7 Å². The molecule has 4 heterocycles. The Morgan fingerprint density at radius 1 is 0.425 bits per heavy atom. The fourth-order valence-electron chi connectivity index (χ4n) is 14.4. The van der Waals surface area contributed by atoms with Gasteiger partial charge in [0.15, 0.2) is 5.58 Å². The quantitative estimate of drug-likeness (QED) is 0.161. The molecule has 0 amide bonds. The number of benzene rings is 8. The highest BCUT2D eigenvalue weighted by molar-refractivity contribution is 7.00. The lowest BCUT2D eigenvalue weighted by Gasteiger charge is -2.47. The van der Waals surface area contributed by atoms with Crippen molar-refractivity contribution < 1.29 is 8.83 Å². The second-order valence-electron chi connectivity index (χ2n) is 28.7. The maximum atomic E-state index is 7.81. The predicted molar refractivity (Wildman–Crippen MR) is 340 cm³/mol. The van der Waals surface area contributed by atoms with Gasteiger partial charge in [-0.1, -0.05) is 170 Å². The van der Waals surface area contributed by atoms with Crippen molar-refractivity contribution in [1.82, 2.24) is 0 Å². The zero-order valence-electron chi connectivity index (χ0n) is 49.6. The van der Waals surface area contributed by atoms with Crippen LogP contribution in [-0.2, 0) is 32.5 Å². The van der Waals surface area contributed by atoms with Crippen LogP contribution in [0.1, 0.15) is 156 Å². The Morgan fingerprint density at radius 2 is 0.963 bits per heavy atom. The van der Waals surface area contributed by atoms with Crippen molar-refractivity contribution in [3.8, 4) is 0 Å². The van der Waals surface area contributed by atoms with E-state index >= 15 is 0 Å². The van der Waals surface area contributed by atoms with E-state index in [1.54, 1.807) is 0 Å². The summed E-state index contributed by atoms with van der Waals surface area (Å²) in [5, 5.41) is 3.41. The fraction of sp³-hybridized carbons (Fsp3) is 0.324. The number of nitrogens with zero attached hydrogens (tertiary/aromatic N) is 3. The average Bonchev–Trinajstić information content (AvgIpc) is 1.79. The second kappa shape index (κ2) is 17.1. The van der Waals surface area contributed by atoms with Gasteiger partial charge >= 0.3 is 0 Å². The highest BCUT2D eigenvalue weighted by Crippen LogP contribution is 2.56. The van der Waals surface area contributed by atoms with Crippen LogP contribution in [0, 0.1) is 0 Å². The van der Waals surface area contributed by atoms with E-state index in [4.69, 9.17) is 8.83 Å². The average molecular weight is 1050 g/mol. The molecule has 0 N–H and O–H groups in total. The van der Waals surface area contributed by atoms with E-state index < -0.39 is 0 Å². The number of fused-ring (bicyclic) bond motifs is 11. The van der Waals surface area contributed by atoms with Crippen molar-refractivity contribution in [3.05, 3.63) is 191 Å². The minimum absolute atomic E-state index is 0.000440. The summed E-state index contributed by atoms with van der Waals surface area (Å²) in [5.74, 6) is 0. The molecule has 80 heavy (non-hydrogen) atoms. The third kappa shape index (κ3) is 7.63. The standard InChI is InChI=1S/C74H76BN3O2/c1-69(2,3)45-28-31-49(32-29-45)77-61-39-50(76(47-22-17-15-18-23-47)48-24-19-16-20-25-48)40-62-65(61)75(68-66(77)53-41-54-57(44-64(53)80-68)74(13,14)37-34-71(54,7)8)58-42-55-56(73(11,12)36-35-72(55,9)10)43-60(58)78(62)59-27-21-26-51-52-38-46(70(4,5)6)30-33-63(52)79-67(51)59/h15-33,38-44H,34-37H2,1-14H3. The Morgan fingerprint density at radius 3 is 1.55 bits per heavy atom. The molecule has 0 bridgehead atoms. The molecule has 2 aliphatic heterocycles. The van der Waals surface area contributed by atoms with Crippen LogP contribution < -0.4 is 31.3 Å². The summed E-state index contributed by atoms with van der Waals surface area (Å²) in [6.45, 7) is 33.2. The van der Waals surface area contributed by atoms with Gasteiger partial charge in [0, 0.05) is 50.3 Å². The lowest BCUT2D eigenvalue weighted by atomic mass is 9.35. The lowest BCUT2D eigenvalue weighted by Crippen LogP contribution is -2.61. The first-order valence-electron chi connectivity index (χ1n) is 29.4. The van der Waals surface area contributed by atoms with E-state index in [-0.39, 0.29) is 39.2 Å². The lowest BCUT2D eigenvalue weighted by molar-refractivity contribution is 0.332. The van der Waals surface area contributed by atoms with Gasteiger partial charge in [-0.3, -0.25) is 0 Å². The summed E-state index contributed by atoms with van der Waals surface area (Å²) in [6.07, 6.45) is 4.47. The zero-order valence-corrected chi connectivity index (χ0v) is 49.6. The van der Waals surface area contributed by atoms with E-state index in [0.717, 1.165) is 110 Å². The molecule has 402 valence electrons. The smallest absolute Gasteiger partial charge is 0.297 e. The highest BCUT2D eigenvalue weighted by Gasteiger charge is 2.50. The van der Waals surface area contributed by atoms with E-state index in [9.17, 15) is 0 Å². The molecular formula is C74H76BN3O2. The first-order valence-corrected chi connectivity index (χ1v) is 29.4. The molecule has 8 aromatic carbocycles. The zero-order chi connectivity index (χ0) is 55.8. The molecule has 0 saturated heterocycles. The molecule has 14 rings (SSSR count). The molecule has 0 atom stereocenters. The number of para-hydroxylation sites is 3. The minimum atomic E-state index is -0.247. The predicted octanol–water partition coefficient (Wildman–Crippen LogP) is 19.2. The minimum Gasteiger partial charge on any atom is -0.468 e. The third-order valence-electron chi connectivity index (χ3n) is 19.5. The monoisotopic (exact) mass is 1050 g/mol. The van der Waals surface area contributed by atoms with Crippen molar-refractivity contribution in [3.63, 3.8) is 0 Å². The first kappa shape index (κ1) is 50.8. The molecule has 0 fully saturated rings. The normalized spacial score (nSPS) is 17.5. The topological polar surface area (TPSA) is 36.0 Å². The second-order valence-corrected chi connectivity index (χ2v) is 28.7. The van der Waals surface area contributed by atoms with E-state index in [1.807, 2.05) is 0 Å². The molecule has 6 heteroatoms. The van der Waals surface area contributed by atoms with Crippen molar-refractivity contribution >= 4 is 107 Å². The van der Waals surface area contributed by atoms with E-state index in [2.05, 4.69) is 269 Å². The van der Waals surface area contributed by atoms with Gasteiger partial charge in [0.1, 0.15) is 11.2 Å². The van der Waals surface area contributed by atoms with Crippen molar-refractivity contribution in [2.45, 2.75) is 155 Å². The Balaban J connectivity index is 1.16. The van der Waals surface area contributed by atoms with Crippen LogP contribution in [0.15, 0.2) is 167 Å². The van der Waals surface area contributed by atoms with Gasteiger partial charge in [0.25, 0.3) is 6.71 Å². The number of anilines is 9. The van der Waals surface area contributed by atoms with Gasteiger partial charge < -0.3 is 23.5 Å². The molecule has 0 radical (unpaired) electrons. The molecule has 0 spiro atoms. The third-order valence-corrected chi connectivity index (χ3v) is 19.5. The molecular weight excluding hydrogens is 974 g/mol. The first-order chi connectivity index (χ1) is 37.9. The van der Waals surface area contributed by atoms with Crippen molar-refractivity contribution in [2.24, 2.45) is 0 Å². The van der Waals surface area contributed by atoms with Gasteiger partial charge in [0.2, 0.25) is 0 Å². The summed E-state index contributed by atoms with van der Waals surface area (Å²) >= 11 is 0. The number of rotatable bonds is 5. The summed E-state index contributed by atoms with van der Waals surface area (Å²) in [7, 11) is 0. The van der Waals surface area contributed by atoms with Crippen LogP contribution in [0.5, 0.6) is 0 Å². The molecule has 5 nitrogen and oxygen atoms in total. The Hall–Kier alpha value is -7.44. The highest BCUT2D eigenvalue weighted by atomic mass is 16.3. The van der Waals surface area contributed by atoms with Gasteiger partial charge in [-0.05, 0) is 187 Å². The van der Waals surface area contributed by atoms with Gasteiger partial charge in [-0.25, -0.2) is 0 Å². The van der Waals surface area contributed by atoms with Crippen LogP contribution in [-0.4, -0.2) is 6.71 Å². The van der Waals surface area contributed by atoms with E-state index in [0.29, 0.717) is 0 Å². The van der Waals surface area contributed by atoms with Crippen LogP contribution in [0.25, 0.3) is 32.9 Å². The molecule has 0 unspecified atom stereocenters. The Kier molecular flexibility index (Phi) is 10.8. The van der Waals surface area contributed by atoms with Gasteiger partial charge in [0.05, 0.1) is 22.7 Å². The van der Waals surface area contributed by atoms with Gasteiger partial charge in [-0.2, -0.15) is 0 Å². The maximum absolute atomic E-state index is 7.81. The molecule has 2 aliphatic carbocycles. The largest absolute Gasteiger partial charge is 0.468 e. The molecule has 0 saturated carbocycles. The summed E-state index contributed by atoms with van der Waals surface area (Å²) in [6, 6.07) is 60.0. The van der Waals surface area contributed by atoms with Gasteiger partial charge in [-0.15, -0.1) is 0 Å². The van der Waals surface area contributed by atoms with Crippen molar-refractivity contribution in [1.29, 1.82) is 0 Å². The van der Waals surface area contributed by atoms with Crippen LogP contribution >= 0.6 is 0 Å². The fourth-order valence-corrected chi connectivity index (χ4v) is 14.4. The molecule has 4 aliphatic rings. The van der Waals surface area contributed by atoms with E-state index in [1.165, 1.54) is 50.0 Å². The number of furan rings is 2. The Bertz CT molecular complexity index is 4120. The Labute approximate surface area is 474 Å². The maximum Gasteiger partial charge on any atom is 0.297 e. The summed E-state index contributed by atoms with van der Waals surface area (Å²) in [4.78, 5) is 7.62. The summed E-state index contributed by atoms with van der Waals surface area (Å²) < 4.78 is 15.1. The SMILES string of the molecule is CC(C)(C)c1ccc(N2c3cc(N(c4ccccc4)c4ccccc4)cc4c3B(c3cc5c(cc3N4c3cccc4c3oc3ccc(C(C)(C)C)cc34)C(C)(C)CCC5(C)C)c3oc4cc5c(cc4c32)C(C)(C)CCC5(C)C)cc1. The van der Waals surface area contributed by atoms with Crippen LogP contribution in [0.2, 0.25) is 0 Å².